The van der Waals surface area contributed by atoms with Crippen molar-refractivity contribution in [1.29, 1.82) is 0 Å². The number of ether oxygens (including phenoxy) is 1. The lowest BCUT2D eigenvalue weighted by molar-refractivity contribution is 0.378. The third-order valence-electron chi connectivity index (χ3n) is 2.78. The Labute approximate surface area is 111 Å². The molecule has 0 fully saturated rings. The fourth-order valence-corrected chi connectivity index (χ4v) is 1.81. The summed E-state index contributed by atoms with van der Waals surface area (Å²) in [5.41, 5.74) is 6.17. The van der Waals surface area contributed by atoms with Crippen LogP contribution in [0.4, 0.5) is 0 Å². The van der Waals surface area contributed by atoms with Gasteiger partial charge < -0.3 is 4.74 Å². The molecule has 7 nitrogen and oxygen atoms in total. The second kappa shape index (κ2) is 5.68. The summed E-state index contributed by atoms with van der Waals surface area (Å²) < 4.78 is 4.93. The Morgan fingerprint density at radius 2 is 1.89 bits per heavy atom. The zero-order valence-electron chi connectivity index (χ0n) is 11.1. The monoisotopic (exact) mass is 260 g/mol. The number of methoxy groups -OCH3 is 1. The lowest BCUT2D eigenvalue weighted by atomic mass is 10.0. The molecule has 2 rings (SSSR count). The van der Waals surface area contributed by atoms with Crippen LogP contribution in [0.15, 0.2) is 18.5 Å². The molecule has 2 aromatic rings. The molecule has 0 aromatic carbocycles. The van der Waals surface area contributed by atoms with E-state index in [1.807, 2.05) is 19.9 Å². The molecule has 1 atom stereocenters. The average Bonchev–Trinajstić information content (AvgIpc) is 2.44. The van der Waals surface area contributed by atoms with Crippen molar-refractivity contribution in [3.63, 3.8) is 0 Å². The number of rotatable bonds is 4. The summed E-state index contributed by atoms with van der Waals surface area (Å²) in [6, 6.07) is 2.03. The van der Waals surface area contributed by atoms with E-state index >= 15 is 0 Å². The van der Waals surface area contributed by atoms with Gasteiger partial charge in [-0.3, -0.25) is 5.84 Å². The Hall–Kier alpha value is -2.12. The molecule has 0 spiro atoms. The average molecular weight is 260 g/mol. The molecule has 0 aliphatic carbocycles. The molecule has 0 aliphatic heterocycles. The fraction of sp³-hybridized carbons (Fsp3) is 0.333. The summed E-state index contributed by atoms with van der Waals surface area (Å²) in [6.07, 6.45) is 3.34. The van der Waals surface area contributed by atoms with Gasteiger partial charge in [0.2, 0.25) is 0 Å². The van der Waals surface area contributed by atoms with E-state index in [0.717, 1.165) is 22.5 Å². The third kappa shape index (κ3) is 2.83. The highest BCUT2D eigenvalue weighted by Crippen LogP contribution is 2.22. The molecule has 100 valence electrons. The van der Waals surface area contributed by atoms with Crippen LogP contribution in [0.3, 0.4) is 0 Å². The summed E-state index contributed by atoms with van der Waals surface area (Å²) in [5.74, 6) is 5.64. The lowest BCUT2D eigenvalue weighted by Gasteiger charge is -2.17. The van der Waals surface area contributed by atoms with E-state index in [0.29, 0.717) is 6.01 Å². The van der Waals surface area contributed by atoms with Crippen LogP contribution < -0.4 is 16.0 Å². The summed E-state index contributed by atoms with van der Waals surface area (Å²) in [4.78, 5) is 8.16. The standard InChI is InChI=1S/C12H16N6O/c1-7-4-10(8(2)18-17-7)11(16-13)9-5-14-12(19-3)15-6-9/h4-6,11,16H,13H2,1-3H3. The first-order valence-electron chi connectivity index (χ1n) is 5.78. The highest BCUT2D eigenvalue weighted by molar-refractivity contribution is 5.32. The van der Waals surface area contributed by atoms with Crippen LogP contribution in [0.2, 0.25) is 0 Å². The van der Waals surface area contributed by atoms with E-state index in [-0.39, 0.29) is 6.04 Å². The maximum absolute atomic E-state index is 5.64. The predicted molar refractivity (Wildman–Crippen MR) is 69.3 cm³/mol. The van der Waals surface area contributed by atoms with Crippen LogP contribution >= 0.6 is 0 Å². The Morgan fingerprint density at radius 1 is 1.21 bits per heavy atom. The Balaban J connectivity index is 2.40. The van der Waals surface area contributed by atoms with E-state index in [1.165, 1.54) is 7.11 Å². The SMILES string of the molecule is COc1ncc(C(NN)c2cc(C)nnc2C)cn1. The van der Waals surface area contributed by atoms with E-state index in [2.05, 4.69) is 25.6 Å². The number of nitrogens with two attached hydrogens (primary N) is 1. The maximum Gasteiger partial charge on any atom is 0.316 e. The molecule has 2 aromatic heterocycles. The van der Waals surface area contributed by atoms with Gasteiger partial charge >= 0.3 is 6.01 Å². The number of nitrogens with zero attached hydrogens (tertiary/aromatic N) is 4. The van der Waals surface area contributed by atoms with E-state index in [9.17, 15) is 0 Å². The summed E-state index contributed by atoms with van der Waals surface area (Å²) in [6.45, 7) is 3.77. The maximum atomic E-state index is 5.64. The molecular weight excluding hydrogens is 244 g/mol. The highest BCUT2D eigenvalue weighted by atomic mass is 16.5. The molecule has 0 amide bonds. The van der Waals surface area contributed by atoms with Crippen molar-refractivity contribution in [2.75, 3.05) is 7.11 Å². The first kappa shape index (κ1) is 13.3. The smallest absolute Gasteiger partial charge is 0.316 e. The summed E-state index contributed by atoms with van der Waals surface area (Å²) >= 11 is 0. The number of aromatic nitrogens is 4. The molecule has 1 unspecified atom stereocenters. The molecular formula is C12H16N6O. The predicted octanol–water partition coefficient (Wildman–Crippen LogP) is 0.445. The van der Waals surface area contributed by atoms with Crippen LogP contribution in [0.5, 0.6) is 6.01 Å². The van der Waals surface area contributed by atoms with Gasteiger partial charge in [-0.25, -0.2) is 15.4 Å². The number of hydrogen-bond acceptors (Lipinski definition) is 7. The van der Waals surface area contributed by atoms with Crippen molar-refractivity contribution in [3.05, 3.63) is 41.0 Å². The molecule has 2 heterocycles. The Kier molecular flexibility index (Phi) is 3.98. The second-order valence-electron chi connectivity index (χ2n) is 4.13. The van der Waals surface area contributed by atoms with Crippen molar-refractivity contribution in [2.45, 2.75) is 19.9 Å². The molecule has 7 heteroatoms. The minimum absolute atomic E-state index is 0.236. The third-order valence-corrected chi connectivity index (χ3v) is 2.78. The van der Waals surface area contributed by atoms with Crippen LogP contribution in [-0.2, 0) is 0 Å². The van der Waals surface area contributed by atoms with Crippen molar-refractivity contribution in [2.24, 2.45) is 5.84 Å². The molecule has 19 heavy (non-hydrogen) atoms. The van der Waals surface area contributed by atoms with Gasteiger partial charge in [0.25, 0.3) is 0 Å². The van der Waals surface area contributed by atoms with Crippen molar-refractivity contribution < 1.29 is 4.74 Å². The van der Waals surface area contributed by atoms with Crippen LogP contribution in [-0.4, -0.2) is 27.3 Å². The van der Waals surface area contributed by atoms with Gasteiger partial charge in [-0.1, -0.05) is 0 Å². The fourth-order valence-electron chi connectivity index (χ4n) is 1.81. The zero-order chi connectivity index (χ0) is 13.8. The molecule has 3 N–H and O–H groups in total. The lowest BCUT2D eigenvalue weighted by Crippen LogP contribution is -2.30. The van der Waals surface area contributed by atoms with Gasteiger partial charge in [0, 0.05) is 18.0 Å². The second-order valence-corrected chi connectivity index (χ2v) is 4.13. The van der Waals surface area contributed by atoms with Crippen molar-refractivity contribution in [3.8, 4) is 6.01 Å². The largest absolute Gasteiger partial charge is 0.467 e. The molecule has 0 aliphatic rings. The normalized spacial score (nSPS) is 12.2. The van der Waals surface area contributed by atoms with E-state index < -0.39 is 0 Å². The summed E-state index contributed by atoms with van der Waals surface area (Å²) in [5, 5.41) is 8.10. The zero-order valence-corrected chi connectivity index (χ0v) is 11.1. The van der Waals surface area contributed by atoms with Crippen LogP contribution in [0, 0.1) is 13.8 Å². The quantitative estimate of drug-likeness (QED) is 0.608. The number of hydrogen-bond donors (Lipinski definition) is 2. The minimum Gasteiger partial charge on any atom is -0.467 e. The molecule has 0 saturated heterocycles. The summed E-state index contributed by atoms with van der Waals surface area (Å²) in [7, 11) is 1.52. The highest BCUT2D eigenvalue weighted by Gasteiger charge is 2.17. The number of aryl methyl sites for hydroxylation is 2. The first-order chi connectivity index (χ1) is 9.15. The molecule has 0 radical (unpaired) electrons. The first-order valence-corrected chi connectivity index (χ1v) is 5.78. The minimum atomic E-state index is -0.236. The Morgan fingerprint density at radius 3 is 2.47 bits per heavy atom. The van der Waals surface area contributed by atoms with Gasteiger partial charge in [-0.2, -0.15) is 10.2 Å². The van der Waals surface area contributed by atoms with Gasteiger partial charge in [-0.05, 0) is 25.5 Å². The van der Waals surface area contributed by atoms with Crippen molar-refractivity contribution >= 4 is 0 Å². The van der Waals surface area contributed by atoms with Gasteiger partial charge in [0.05, 0.1) is 24.5 Å². The molecule has 0 saturated carbocycles. The van der Waals surface area contributed by atoms with Crippen LogP contribution in [0.1, 0.15) is 28.6 Å². The van der Waals surface area contributed by atoms with Gasteiger partial charge in [-0.15, -0.1) is 0 Å². The number of nitrogens with one attached hydrogen (secondary N) is 1. The topological polar surface area (TPSA) is 98.8 Å². The van der Waals surface area contributed by atoms with Crippen LogP contribution in [0.25, 0.3) is 0 Å². The molecule has 0 bridgehead atoms. The van der Waals surface area contributed by atoms with E-state index in [4.69, 9.17) is 10.6 Å². The van der Waals surface area contributed by atoms with Gasteiger partial charge in [0.1, 0.15) is 0 Å². The number of hydrazine groups is 1. The van der Waals surface area contributed by atoms with E-state index in [1.54, 1.807) is 12.4 Å². The Bertz CT molecular complexity index is 557. The van der Waals surface area contributed by atoms with Crippen molar-refractivity contribution in [1.82, 2.24) is 25.6 Å². The van der Waals surface area contributed by atoms with Gasteiger partial charge in [0.15, 0.2) is 0 Å².